The summed E-state index contributed by atoms with van der Waals surface area (Å²) in [5.41, 5.74) is 6.58. The summed E-state index contributed by atoms with van der Waals surface area (Å²) in [4.78, 5) is 15.9. The van der Waals surface area contributed by atoms with E-state index >= 15 is 0 Å². The molecule has 2 aromatic heterocycles. The number of carbonyl (C=O) groups is 1. The number of nitrogens with zero attached hydrogens (tertiary/aromatic N) is 1. The minimum Gasteiger partial charge on any atom is -0.455 e. The lowest BCUT2D eigenvalue weighted by molar-refractivity contribution is 0.100. The molecule has 0 unspecified atom stereocenters. The van der Waals surface area contributed by atoms with Gasteiger partial charge in [0.1, 0.15) is 5.75 Å². The monoisotopic (exact) mass is 298 g/mol. The molecule has 1 aromatic carbocycles. The van der Waals surface area contributed by atoms with Crippen LogP contribution in [0.5, 0.6) is 11.5 Å². The highest BCUT2D eigenvalue weighted by Gasteiger charge is 2.11. The Morgan fingerprint density at radius 1 is 1.29 bits per heavy atom. The molecule has 0 spiro atoms. The highest BCUT2D eigenvalue weighted by Crippen LogP contribution is 2.34. The number of ether oxygens (including phenoxy) is 1. The maximum atomic E-state index is 11.3. The van der Waals surface area contributed by atoms with Gasteiger partial charge < -0.3 is 10.5 Å². The Hall–Kier alpha value is -2.40. The Labute approximate surface area is 126 Å². The van der Waals surface area contributed by atoms with Gasteiger partial charge in [-0.2, -0.15) is 0 Å². The second-order valence-corrected chi connectivity index (χ2v) is 5.71. The van der Waals surface area contributed by atoms with E-state index in [0.717, 1.165) is 22.3 Å². The maximum absolute atomic E-state index is 11.3. The van der Waals surface area contributed by atoms with E-state index in [0.29, 0.717) is 10.6 Å². The van der Waals surface area contributed by atoms with Crippen LogP contribution in [0.1, 0.15) is 22.2 Å². The molecule has 0 aliphatic heterocycles. The van der Waals surface area contributed by atoms with E-state index in [-0.39, 0.29) is 0 Å². The summed E-state index contributed by atoms with van der Waals surface area (Å²) in [6, 6.07) is 9.68. The van der Waals surface area contributed by atoms with Crippen LogP contribution in [0.4, 0.5) is 0 Å². The van der Waals surface area contributed by atoms with Gasteiger partial charge in [0, 0.05) is 11.6 Å². The normalized spacial score (nSPS) is 10.7. The van der Waals surface area contributed by atoms with E-state index in [4.69, 9.17) is 10.5 Å². The topological polar surface area (TPSA) is 65.2 Å². The number of aromatic nitrogens is 1. The summed E-state index contributed by atoms with van der Waals surface area (Å²) in [5, 5.41) is 0.850. The van der Waals surface area contributed by atoms with Crippen molar-refractivity contribution in [1.82, 2.24) is 4.98 Å². The Morgan fingerprint density at radius 2 is 2.05 bits per heavy atom. The van der Waals surface area contributed by atoms with E-state index in [1.807, 2.05) is 24.3 Å². The third kappa shape index (κ3) is 2.73. The zero-order valence-corrected chi connectivity index (χ0v) is 12.3. The Balaban J connectivity index is 1.97. The first-order chi connectivity index (χ1) is 10.2. The largest absolute Gasteiger partial charge is 0.455 e. The molecule has 0 fully saturated rings. The van der Waals surface area contributed by atoms with Crippen LogP contribution in [0, 0.1) is 0 Å². The van der Waals surface area contributed by atoms with Crippen LogP contribution >= 0.6 is 11.3 Å². The number of thiophene rings is 1. The number of rotatable bonds is 4. The number of pyridine rings is 1. The first kappa shape index (κ1) is 13.6. The van der Waals surface area contributed by atoms with Crippen LogP contribution in [0.15, 0.2) is 42.7 Å². The van der Waals surface area contributed by atoms with Gasteiger partial charge in [-0.3, -0.25) is 9.78 Å². The molecule has 5 heteroatoms. The molecule has 4 nitrogen and oxygen atoms in total. The van der Waals surface area contributed by atoms with Gasteiger partial charge in [0.25, 0.3) is 5.91 Å². The smallest absolute Gasteiger partial charge is 0.258 e. The number of amides is 1. The predicted octanol–water partition coefficient (Wildman–Crippen LogP) is 3.75. The number of primary amides is 1. The number of hydrogen-bond acceptors (Lipinski definition) is 4. The summed E-state index contributed by atoms with van der Waals surface area (Å²) < 4.78 is 6.76. The van der Waals surface area contributed by atoms with Crippen LogP contribution < -0.4 is 10.5 Å². The molecule has 0 bridgehead atoms. The minimum atomic E-state index is -0.436. The summed E-state index contributed by atoms with van der Waals surface area (Å²) >= 11 is 1.32. The molecule has 0 aliphatic carbocycles. The van der Waals surface area contributed by atoms with Crippen molar-refractivity contribution >= 4 is 27.3 Å². The summed E-state index contributed by atoms with van der Waals surface area (Å²) in [5.74, 6) is 0.934. The predicted molar refractivity (Wildman–Crippen MR) is 84.0 cm³/mol. The van der Waals surface area contributed by atoms with Gasteiger partial charge in [-0.15, -0.1) is 11.3 Å². The molecule has 2 heterocycles. The van der Waals surface area contributed by atoms with E-state index in [1.165, 1.54) is 16.9 Å². The third-order valence-corrected chi connectivity index (χ3v) is 4.30. The van der Waals surface area contributed by atoms with Crippen molar-refractivity contribution < 1.29 is 9.53 Å². The molecule has 0 radical (unpaired) electrons. The lowest BCUT2D eigenvalue weighted by atomic mass is 10.2. The lowest BCUT2D eigenvalue weighted by Crippen LogP contribution is -2.08. The number of carbonyl (C=O) groups excluding carboxylic acids is 1. The van der Waals surface area contributed by atoms with Crippen molar-refractivity contribution in [2.45, 2.75) is 13.3 Å². The number of aryl methyl sites for hydroxylation is 1. The van der Waals surface area contributed by atoms with E-state index in [2.05, 4.69) is 11.9 Å². The third-order valence-electron chi connectivity index (χ3n) is 3.21. The first-order valence-corrected chi connectivity index (χ1v) is 7.43. The molecule has 0 saturated heterocycles. The van der Waals surface area contributed by atoms with Gasteiger partial charge >= 0.3 is 0 Å². The van der Waals surface area contributed by atoms with Crippen LogP contribution in [0.3, 0.4) is 0 Å². The quantitative estimate of drug-likeness (QED) is 0.797. The van der Waals surface area contributed by atoms with Crippen molar-refractivity contribution in [2.75, 3.05) is 0 Å². The lowest BCUT2D eigenvalue weighted by Gasteiger charge is -2.07. The molecular weight excluding hydrogens is 284 g/mol. The first-order valence-electron chi connectivity index (χ1n) is 6.61. The Kier molecular flexibility index (Phi) is 3.58. The van der Waals surface area contributed by atoms with Crippen LogP contribution in [0.25, 0.3) is 10.1 Å². The fourth-order valence-electron chi connectivity index (χ4n) is 2.06. The standard InChI is InChI=1S/C16H14N2O2S/c1-2-10-3-5-11(6-4-10)20-13-8-18-9-15-12(13)7-14(21-15)16(17)19/h3-9H,2H2,1H3,(H2,17,19). The average Bonchev–Trinajstić information content (AvgIpc) is 2.93. The number of nitrogens with two attached hydrogens (primary N) is 1. The second kappa shape index (κ2) is 5.54. The fourth-order valence-corrected chi connectivity index (χ4v) is 2.96. The van der Waals surface area contributed by atoms with Gasteiger partial charge in [0.2, 0.25) is 0 Å². The number of fused-ring (bicyclic) bond motifs is 1. The van der Waals surface area contributed by atoms with Gasteiger partial charge in [-0.05, 0) is 30.2 Å². The SMILES string of the molecule is CCc1ccc(Oc2cncc3sc(C(N)=O)cc23)cc1. The van der Waals surface area contributed by atoms with Crippen molar-refractivity contribution in [3.8, 4) is 11.5 Å². The van der Waals surface area contributed by atoms with E-state index in [1.54, 1.807) is 18.5 Å². The molecule has 0 aliphatic rings. The zero-order valence-electron chi connectivity index (χ0n) is 11.5. The van der Waals surface area contributed by atoms with Gasteiger partial charge in [0.15, 0.2) is 5.75 Å². The molecule has 3 rings (SSSR count). The fraction of sp³-hybridized carbons (Fsp3) is 0.125. The molecule has 106 valence electrons. The molecular formula is C16H14N2O2S. The van der Waals surface area contributed by atoms with Crippen LogP contribution in [0.2, 0.25) is 0 Å². The van der Waals surface area contributed by atoms with Crippen molar-refractivity contribution in [2.24, 2.45) is 5.73 Å². The summed E-state index contributed by atoms with van der Waals surface area (Å²) in [7, 11) is 0. The molecule has 0 atom stereocenters. The van der Waals surface area contributed by atoms with Crippen molar-refractivity contribution in [1.29, 1.82) is 0 Å². The molecule has 2 N–H and O–H groups in total. The van der Waals surface area contributed by atoms with Gasteiger partial charge in [-0.1, -0.05) is 19.1 Å². The van der Waals surface area contributed by atoms with E-state index in [9.17, 15) is 4.79 Å². The number of hydrogen-bond donors (Lipinski definition) is 1. The number of benzene rings is 1. The van der Waals surface area contributed by atoms with Gasteiger partial charge in [0.05, 0.1) is 15.8 Å². The highest BCUT2D eigenvalue weighted by molar-refractivity contribution is 7.20. The van der Waals surface area contributed by atoms with Gasteiger partial charge in [-0.25, -0.2) is 0 Å². The molecule has 3 aromatic rings. The summed E-state index contributed by atoms with van der Waals surface area (Å²) in [6.07, 6.45) is 4.34. The molecule has 0 saturated carbocycles. The van der Waals surface area contributed by atoms with Crippen molar-refractivity contribution in [3.63, 3.8) is 0 Å². The summed E-state index contributed by atoms with van der Waals surface area (Å²) in [6.45, 7) is 2.11. The minimum absolute atomic E-state index is 0.436. The van der Waals surface area contributed by atoms with Crippen molar-refractivity contribution in [3.05, 3.63) is 53.2 Å². The maximum Gasteiger partial charge on any atom is 0.258 e. The Bertz CT molecular complexity index is 794. The van der Waals surface area contributed by atoms with Crippen LogP contribution in [-0.2, 0) is 6.42 Å². The second-order valence-electron chi connectivity index (χ2n) is 4.62. The highest BCUT2D eigenvalue weighted by atomic mass is 32.1. The average molecular weight is 298 g/mol. The molecule has 21 heavy (non-hydrogen) atoms. The zero-order chi connectivity index (χ0) is 14.8. The Morgan fingerprint density at radius 3 is 2.71 bits per heavy atom. The van der Waals surface area contributed by atoms with Crippen LogP contribution in [-0.4, -0.2) is 10.9 Å². The molecule has 1 amide bonds. The van der Waals surface area contributed by atoms with E-state index < -0.39 is 5.91 Å².